The summed E-state index contributed by atoms with van der Waals surface area (Å²) in [5.74, 6) is 1.44. The number of aryl methyl sites for hydroxylation is 1. The van der Waals surface area contributed by atoms with Crippen LogP contribution in [0.3, 0.4) is 0 Å². The Kier molecular flexibility index (Phi) is 6.89. The van der Waals surface area contributed by atoms with Crippen molar-refractivity contribution in [1.82, 2.24) is 10.2 Å². The summed E-state index contributed by atoms with van der Waals surface area (Å²) in [6.07, 6.45) is 0.875. The van der Waals surface area contributed by atoms with Gasteiger partial charge in [-0.25, -0.2) is 0 Å². The van der Waals surface area contributed by atoms with Crippen molar-refractivity contribution in [3.63, 3.8) is 0 Å². The molecule has 2 unspecified atom stereocenters. The molecule has 30 heavy (non-hydrogen) atoms. The zero-order valence-electron chi connectivity index (χ0n) is 17.2. The Morgan fingerprint density at radius 1 is 1.30 bits per heavy atom. The van der Waals surface area contributed by atoms with Gasteiger partial charge in [0, 0.05) is 25.7 Å². The van der Waals surface area contributed by atoms with Gasteiger partial charge in [0.2, 0.25) is 5.91 Å². The van der Waals surface area contributed by atoms with Gasteiger partial charge in [-0.1, -0.05) is 12.1 Å². The Labute approximate surface area is 181 Å². The third-order valence-electron chi connectivity index (χ3n) is 5.52. The smallest absolute Gasteiger partial charge is 0.239 e. The summed E-state index contributed by atoms with van der Waals surface area (Å²) in [6, 6.07) is 9.84. The minimum atomic E-state index is -0.642. The number of anilines is 1. The SMILES string of the molecule is Cc1csc(NC(=O)CN2CCC(NCC(O)C3COc4ccccc4O3)CC2)c1. The minimum absolute atomic E-state index is 0.0356. The number of nitrogens with zero attached hydrogens (tertiary/aromatic N) is 1. The van der Waals surface area contributed by atoms with E-state index in [4.69, 9.17) is 9.47 Å². The van der Waals surface area contributed by atoms with E-state index in [0.29, 0.717) is 31.5 Å². The van der Waals surface area contributed by atoms with E-state index in [1.165, 1.54) is 5.56 Å². The van der Waals surface area contributed by atoms with Gasteiger partial charge in [-0.15, -0.1) is 11.3 Å². The summed E-state index contributed by atoms with van der Waals surface area (Å²) >= 11 is 1.55. The van der Waals surface area contributed by atoms with Gasteiger partial charge in [0.05, 0.1) is 11.5 Å². The van der Waals surface area contributed by atoms with Crippen LogP contribution in [-0.4, -0.2) is 66.9 Å². The van der Waals surface area contributed by atoms with Crippen molar-refractivity contribution in [2.75, 3.05) is 38.1 Å². The molecule has 1 amide bonds. The number of carbonyl (C=O) groups excluding carboxylic acids is 1. The van der Waals surface area contributed by atoms with Crippen LogP contribution in [0.15, 0.2) is 35.7 Å². The van der Waals surface area contributed by atoms with Crippen LogP contribution in [0.4, 0.5) is 5.00 Å². The first-order chi connectivity index (χ1) is 14.6. The van der Waals surface area contributed by atoms with Gasteiger partial charge in [-0.3, -0.25) is 9.69 Å². The van der Waals surface area contributed by atoms with Crippen molar-refractivity contribution in [3.8, 4) is 11.5 Å². The number of fused-ring (bicyclic) bond motifs is 1. The van der Waals surface area contributed by atoms with Crippen LogP contribution < -0.4 is 20.1 Å². The summed E-state index contributed by atoms with van der Waals surface area (Å²) in [5.41, 5.74) is 1.17. The number of carbonyl (C=O) groups is 1. The Morgan fingerprint density at radius 2 is 2.07 bits per heavy atom. The highest BCUT2D eigenvalue weighted by molar-refractivity contribution is 7.14. The minimum Gasteiger partial charge on any atom is -0.486 e. The molecule has 2 aliphatic heterocycles. The number of ether oxygens (including phenoxy) is 2. The lowest BCUT2D eigenvalue weighted by atomic mass is 10.0. The molecule has 3 N–H and O–H groups in total. The highest BCUT2D eigenvalue weighted by atomic mass is 32.1. The maximum Gasteiger partial charge on any atom is 0.239 e. The molecule has 162 valence electrons. The summed E-state index contributed by atoms with van der Waals surface area (Å²) in [4.78, 5) is 14.4. The van der Waals surface area contributed by atoms with Crippen molar-refractivity contribution in [2.45, 2.75) is 38.0 Å². The fourth-order valence-electron chi connectivity index (χ4n) is 3.82. The number of hydrogen-bond donors (Lipinski definition) is 3. The Bertz CT molecular complexity index is 850. The fourth-order valence-corrected chi connectivity index (χ4v) is 4.62. The maximum atomic E-state index is 12.2. The van der Waals surface area contributed by atoms with Gasteiger partial charge in [0.15, 0.2) is 17.6 Å². The third kappa shape index (κ3) is 5.51. The van der Waals surface area contributed by atoms with Crippen LogP contribution in [-0.2, 0) is 4.79 Å². The third-order valence-corrected chi connectivity index (χ3v) is 6.49. The maximum absolute atomic E-state index is 12.2. The van der Waals surface area contributed by atoms with E-state index in [2.05, 4.69) is 15.5 Å². The average Bonchev–Trinajstić information content (AvgIpc) is 3.17. The Balaban J connectivity index is 1.15. The lowest BCUT2D eigenvalue weighted by Crippen LogP contribution is -2.50. The van der Waals surface area contributed by atoms with E-state index in [1.807, 2.05) is 42.6 Å². The normalized spacial score (nSPS) is 20.7. The van der Waals surface area contributed by atoms with E-state index in [9.17, 15) is 9.90 Å². The molecule has 1 aromatic heterocycles. The number of aliphatic hydroxyl groups excluding tert-OH is 1. The Hall–Kier alpha value is -2.13. The van der Waals surface area contributed by atoms with Gasteiger partial charge in [0.25, 0.3) is 0 Å². The van der Waals surface area contributed by atoms with Gasteiger partial charge >= 0.3 is 0 Å². The molecule has 1 aromatic carbocycles. The zero-order valence-corrected chi connectivity index (χ0v) is 18.0. The molecule has 4 rings (SSSR count). The first-order valence-corrected chi connectivity index (χ1v) is 11.3. The standard InChI is InChI=1S/C22H29N3O4S/c1-15-10-22(30-14-15)24-21(27)12-25-8-6-16(7-9-25)23-11-17(26)20-13-28-18-4-2-3-5-19(18)29-20/h2-5,10,14,16-17,20,23,26H,6-9,11-13H2,1H3,(H,24,27). The van der Waals surface area contributed by atoms with E-state index >= 15 is 0 Å². The predicted octanol–water partition coefficient (Wildman–Crippen LogP) is 2.25. The van der Waals surface area contributed by atoms with Crippen LogP contribution in [0.2, 0.25) is 0 Å². The molecule has 0 bridgehead atoms. The number of piperidine rings is 1. The van der Waals surface area contributed by atoms with Crippen LogP contribution in [0, 0.1) is 6.92 Å². The summed E-state index contributed by atoms with van der Waals surface area (Å²) in [5, 5.41) is 19.9. The first-order valence-electron chi connectivity index (χ1n) is 10.4. The molecule has 1 fully saturated rings. The molecular weight excluding hydrogens is 402 g/mol. The van der Waals surface area contributed by atoms with E-state index in [-0.39, 0.29) is 12.0 Å². The quantitative estimate of drug-likeness (QED) is 0.624. The predicted molar refractivity (Wildman–Crippen MR) is 118 cm³/mol. The second-order valence-electron chi connectivity index (χ2n) is 7.98. The van der Waals surface area contributed by atoms with E-state index in [1.54, 1.807) is 11.3 Å². The van der Waals surface area contributed by atoms with Crippen LogP contribution in [0.5, 0.6) is 11.5 Å². The summed E-state index contributed by atoms with van der Waals surface area (Å²) in [7, 11) is 0. The monoisotopic (exact) mass is 431 g/mol. The van der Waals surface area contributed by atoms with E-state index < -0.39 is 6.10 Å². The van der Waals surface area contributed by atoms with Crippen molar-refractivity contribution < 1.29 is 19.4 Å². The van der Waals surface area contributed by atoms with Crippen molar-refractivity contribution in [3.05, 3.63) is 41.3 Å². The Morgan fingerprint density at radius 3 is 2.80 bits per heavy atom. The van der Waals surface area contributed by atoms with Crippen LogP contribution >= 0.6 is 11.3 Å². The molecule has 2 aromatic rings. The molecule has 0 spiro atoms. The molecule has 3 heterocycles. The molecule has 2 atom stereocenters. The second kappa shape index (κ2) is 9.78. The number of amides is 1. The molecule has 1 saturated heterocycles. The highest BCUT2D eigenvalue weighted by Gasteiger charge is 2.28. The molecule has 0 aliphatic carbocycles. The lowest BCUT2D eigenvalue weighted by molar-refractivity contribution is -0.117. The van der Waals surface area contributed by atoms with Gasteiger partial charge in [-0.2, -0.15) is 0 Å². The molecule has 0 saturated carbocycles. The molecule has 2 aliphatic rings. The number of thiophene rings is 1. The highest BCUT2D eigenvalue weighted by Crippen LogP contribution is 2.31. The van der Waals surface area contributed by atoms with Crippen molar-refractivity contribution in [2.24, 2.45) is 0 Å². The van der Waals surface area contributed by atoms with Crippen LogP contribution in [0.25, 0.3) is 0 Å². The van der Waals surface area contributed by atoms with Crippen LogP contribution in [0.1, 0.15) is 18.4 Å². The molecular formula is C22H29N3O4S. The number of likely N-dealkylation sites (tertiary alicyclic amines) is 1. The lowest BCUT2D eigenvalue weighted by Gasteiger charge is -2.34. The topological polar surface area (TPSA) is 83.1 Å². The molecule has 8 heteroatoms. The fraction of sp³-hybridized carbons (Fsp3) is 0.500. The van der Waals surface area contributed by atoms with Crippen molar-refractivity contribution >= 4 is 22.2 Å². The van der Waals surface area contributed by atoms with E-state index in [0.717, 1.165) is 36.7 Å². The van der Waals surface area contributed by atoms with Gasteiger partial charge < -0.3 is 25.2 Å². The molecule has 0 radical (unpaired) electrons. The largest absolute Gasteiger partial charge is 0.486 e. The molecule has 7 nitrogen and oxygen atoms in total. The number of aliphatic hydroxyl groups is 1. The average molecular weight is 432 g/mol. The summed E-state index contributed by atoms with van der Waals surface area (Å²) in [6.45, 7) is 4.96. The van der Waals surface area contributed by atoms with Gasteiger partial charge in [-0.05, 0) is 48.9 Å². The number of para-hydroxylation sites is 2. The number of rotatable bonds is 7. The zero-order chi connectivity index (χ0) is 20.9. The van der Waals surface area contributed by atoms with Crippen molar-refractivity contribution in [1.29, 1.82) is 0 Å². The summed E-state index contributed by atoms with van der Waals surface area (Å²) < 4.78 is 11.6. The second-order valence-corrected chi connectivity index (χ2v) is 8.89. The number of benzene rings is 1. The number of nitrogens with one attached hydrogen (secondary N) is 2. The first kappa shape index (κ1) is 21.1. The number of hydrogen-bond acceptors (Lipinski definition) is 7. The van der Waals surface area contributed by atoms with Gasteiger partial charge in [0.1, 0.15) is 12.7 Å².